The summed E-state index contributed by atoms with van der Waals surface area (Å²) >= 11 is 5.76. The van der Waals surface area contributed by atoms with Crippen LogP contribution < -0.4 is 10.5 Å². The van der Waals surface area contributed by atoms with Gasteiger partial charge >= 0.3 is 0 Å². The molecule has 4 heteroatoms. The molecule has 0 aliphatic carbocycles. The molecule has 0 aromatic heterocycles. The van der Waals surface area contributed by atoms with E-state index < -0.39 is 0 Å². The highest BCUT2D eigenvalue weighted by molar-refractivity contribution is 6.30. The molecule has 0 fully saturated rings. The summed E-state index contributed by atoms with van der Waals surface area (Å²) in [4.78, 5) is 0. The molecule has 90 valence electrons. The van der Waals surface area contributed by atoms with Gasteiger partial charge in [0.15, 0.2) is 0 Å². The molecule has 0 saturated carbocycles. The Hall–Kier alpha value is -0.770. The summed E-state index contributed by atoms with van der Waals surface area (Å²) < 4.78 is 10.9. The lowest BCUT2D eigenvalue weighted by Crippen LogP contribution is -2.21. The van der Waals surface area contributed by atoms with E-state index in [0.717, 1.165) is 12.2 Å². The average molecular weight is 244 g/mol. The van der Waals surface area contributed by atoms with Crippen molar-refractivity contribution in [2.24, 2.45) is 5.73 Å². The van der Waals surface area contributed by atoms with E-state index in [1.165, 1.54) is 0 Å². The van der Waals surface area contributed by atoms with E-state index in [2.05, 4.69) is 0 Å². The topological polar surface area (TPSA) is 44.5 Å². The van der Waals surface area contributed by atoms with Gasteiger partial charge in [0.25, 0.3) is 0 Å². The third-order valence-electron chi connectivity index (χ3n) is 2.11. The Bertz CT molecular complexity index is 290. The molecule has 0 amide bonds. The van der Waals surface area contributed by atoms with Crippen molar-refractivity contribution in [3.63, 3.8) is 0 Å². The molecule has 1 unspecified atom stereocenters. The summed E-state index contributed by atoms with van der Waals surface area (Å²) in [5.74, 6) is 0.830. The van der Waals surface area contributed by atoms with Crippen molar-refractivity contribution in [2.75, 3.05) is 19.8 Å². The number of nitrogens with two attached hydrogens (primary N) is 1. The van der Waals surface area contributed by atoms with Gasteiger partial charge in [-0.15, -0.1) is 0 Å². The van der Waals surface area contributed by atoms with E-state index in [-0.39, 0.29) is 6.10 Å². The molecular weight excluding hydrogens is 226 g/mol. The summed E-state index contributed by atoms with van der Waals surface area (Å²) in [5.41, 5.74) is 5.42. The maximum absolute atomic E-state index is 5.76. The molecule has 1 aromatic carbocycles. The molecule has 0 aliphatic rings. The molecule has 0 saturated heterocycles. The van der Waals surface area contributed by atoms with Gasteiger partial charge in [-0.25, -0.2) is 0 Å². The van der Waals surface area contributed by atoms with Crippen LogP contribution in [0.15, 0.2) is 24.3 Å². The minimum Gasteiger partial charge on any atom is -0.494 e. The van der Waals surface area contributed by atoms with Gasteiger partial charge in [0.1, 0.15) is 5.75 Å². The van der Waals surface area contributed by atoms with Gasteiger partial charge in [0, 0.05) is 18.0 Å². The van der Waals surface area contributed by atoms with E-state index >= 15 is 0 Å². The lowest BCUT2D eigenvalue weighted by atomic mass is 10.3. The fourth-order valence-corrected chi connectivity index (χ4v) is 1.26. The zero-order valence-corrected chi connectivity index (χ0v) is 10.2. The highest BCUT2D eigenvalue weighted by Crippen LogP contribution is 2.15. The first-order valence-electron chi connectivity index (χ1n) is 5.42. The highest BCUT2D eigenvalue weighted by Gasteiger charge is 1.98. The van der Waals surface area contributed by atoms with Crippen LogP contribution in [-0.4, -0.2) is 25.9 Å². The minimum absolute atomic E-state index is 0.121. The fraction of sp³-hybridized carbons (Fsp3) is 0.500. The Morgan fingerprint density at radius 1 is 1.25 bits per heavy atom. The van der Waals surface area contributed by atoms with Crippen molar-refractivity contribution in [3.8, 4) is 5.75 Å². The summed E-state index contributed by atoms with van der Waals surface area (Å²) in [6.45, 7) is 3.82. The fourth-order valence-electron chi connectivity index (χ4n) is 1.13. The van der Waals surface area contributed by atoms with Crippen LogP contribution in [0, 0.1) is 0 Å². The van der Waals surface area contributed by atoms with Crippen molar-refractivity contribution < 1.29 is 9.47 Å². The summed E-state index contributed by atoms with van der Waals surface area (Å²) in [6, 6.07) is 7.32. The predicted octanol–water partition coefficient (Wildman–Crippen LogP) is 2.47. The highest BCUT2D eigenvalue weighted by atomic mass is 35.5. The van der Waals surface area contributed by atoms with Gasteiger partial charge in [-0.05, 0) is 31.2 Å². The van der Waals surface area contributed by atoms with Crippen LogP contribution in [0.4, 0.5) is 0 Å². The molecule has 0 aliphatic heterocycles. The molecule has 1 aromatic rings. The maximum atomic E-state index is 5.76. The third kappa shape index (κ3) is 5.35. The summed E-state index contributed by atoms with van der Waals surface area (Å²) in [5, 5.41) is 0.715. The number of ether oxygens (including phenoxy) is 2. The second-order valence-corrected chi connectivity index (χ2v) is 4.01. The van der Waals surface area contributed by atoms with E-state index in [4.69, 9.17) is 26.8 Å². The van der Waals surface area contributed by atoms with Crippen molar-refractivity contribution in [1.29, 1.82) is 0 Å². The molecule has 1 atom stereocenters. The van der Waals surface area contributed by atoms with Gasteiger partial charge in [-0.1, -0.05) is 11.6 Å². The number of benzene rings is 1. The third-order valence-corrected chi connectivity index (χ3v) is 2.36. The van der Waals surface area contributed by atoms with E-state index in [0.29, 0.717) is 24.8 Å². The van der Waals surface area contributed by atoms with E-state index in [1.54, 1.807) is 0 Å². The SMILES string of the molecule is CC(CN)OCCCOc1ccc(Cl)cc1. The van der Waals surface area contributed by atoms with Crippen LogP contribution in [0.5, 0.6) is 5.75 Å². The largest absolute Gasteiger partial charge is 0.494 e. The smallest absolute Gasteiger partial charge is 0.119 e. The van der Waals surface area contributed by atoms with Gasteiger partial charge in [0.2, 0.25) is 0 Å². The predicted molar refractivity (Wildman–Crippen MR) is 66.0 cm³/mol. The van der Waals surface area contributed by atoms with Crippen LogP contribution in [0.25, 0.3) is 0 Å². The molecule has 0 heterocycles. The van der Waals surface area contributed by atoms with Gasteiger partial charge in [0.05, 0.1) is 19.3 Å². The minimum atomic E-state index is 0.121. The van der Waals surface area contributed by atoms with Crippen LogP contribution in [0.3, 0.4) is 0 Å². The Balaban J connectivity index is 2.09. The first-order chi connectivity index (χ1) is 7.72. The van der Waals surface area contributed by atoms with Crippen molar-refractivity contribution in [3.05, 3.63) is 29.3 Å². The summed E-state index contributed by atoms with van der Waals surface area (Å²) in [6.07, 6.45) is 0.975. The van der Waals surface area contributed by atoms with Crippen molar-refractivity contribution in [2.45, 2.75) is 19.4 Å². The molecular formula is C12H18ClNO2. The van der Waals surface area contributed by atoms with E-state index in [1.807, 2.05) is 31.2 Å². The van der Waals surface area contributed by atoms with Crippen LogP contribution in [0.2, 0.25) is 5.02 Å². The normalized spacial score (nSPS) is 12.4. The van der Waals surface area contributed by atoms with Crippen LogP contribution >= 0.6 is 11.6 Å². The molecule has 16 heavy (non-hydrogen) atoms. The summed E-state index contributed by atoms with van der Waals surface area (Å²) in [7, 11) is 0. The van der Waals surface area contributed by atoms with Gasteiger partial charge < -0.3 is 15.2 Å². The zero-order valence-electron chi connectivity index (χ0n) is 9.49. The number of rotatable bonds is 7. The zero-order chi connectivity index (χ0) is 11.8. The number of hydrogen-bond donors (Lipinski definition) is 1. The molecule has 0 spiro atoms. The molecule has 0 bridgehead atoms. The second-order valence-electron chi connectivity index (χ2n) is 3.57. The first-order valence-corrected chi connectivity index (χ1v) is 5.80. The quantitative estimate of drug-likeness (QED) is 0.749. The van der Waals surface area contributed by atoms with Gasteiger partial charge in [-0.3, -0.25) is 0 Å². The molecule has 3 nitrogen and oxygen atoms in total. The Kier molecular flexibility index (Phi) is 6.23. The lowest BCUT2D eigenvalue weighted by molar-refractivity contribution is 0.0631. The lowest BCUT2D eigenvalue weighted by Gasteiger charge is -2.10. The van der Waals surface area contributed by atoms with Crippen molar-refractivity contribution in [1.82, 2.24) is 0 Å². The van der Waals surface area contributed by atoms with Gasteiger partial charge in [-0.2, -0.15) is 0 Å². The average Bonchev–Trinajstić information content (AvgIpc) is 2.31. The maximum Gasteiger partial charge on any atom is 0.119 e. The molecule has 0 radical (unpaired) electrons. The van der Waals surface area contributed by atoms with Crippen LogP contribution in [0.1, 0.15) is 13.3 Å². The number of halogens is 1. The Morgan fingerprint density at radius 2 is 1.94 bits per heavy atom. The van der Waals surface area contributed by atoms with Crippen LogP contribution in [-0.2, 0) is 4.74 Å². The molecule has 2 N–H and O–H groups in total. The molecule has 1 rings (SSSR count). The Labute approximate surface area is 101 Å². The first kappa shape index (κ1) is 13.3. The second kappa shape index (κ2) is 7.49. The van der Waals surface area contributed by atoms with E-state index in [9.17, 15) is 0 Å². The Morgan fingerprint density at radius 3 is 2.56 bits per heavy atom. The van der Waals surface area contributed by atoms with Crippen molar-refractivity contribution >= 4 is 11.6 Å². The standard InChI is InChI=1S/C12H18ClNO2/c1-10(9-14)15-7-2-8-16-12-5-3-11(13)4-6-12/h3-6,10H,2,7-9,14H2,1H3. The monoisotopic (exact) mass is 243 g/mol. The number of hydrogen-bond acceptors (Lipinski definition) is 3.